The van der Waals surface area contributed by atoms with Crippen molar-refractivity contribution in [3.63, 3.8) is 0 Å². The molecule has 1 aromatic rings. The smallest absolute Gasteiger partial charge is 0.243 e. The van der Waals surface area contributed by atoms with Gasteiger partial charge in [0, 0.05) is 6.54 Å². The number of aromatic nitrogens is 1. The van der Waals surface area contributed by atoms with Crippen molar-refractivity contribution in [1.82, 2.24) is 15.2 Å². The van der Waals surface area contributed by atoms with E-state index in [1.54, 1.807) is 24.0 Å². The standard InChI is InChI=1S/C11H11Cl2N3O2/c1-6-11(18)15-10(17)5-16(6)4-8-7(12)2-3-9(13)14-8/h2-3,6H,4-5H2,1H3,(H,15,17,18). The molecular weight excluding hydrogens is 277 g/mol. The second-order valence-electron chi connectivity index (χ2n) is 4.06. The number of hydrogen-bond acceptors (Lipinski definition) is 4. The van der Waals surface area contributed by atoms with Crippen molar-refractivity contribution >= 4 is 35.0 Å². The van der Waals surface area contributed by atoms with Gasteiger partial charge in [-0.25, -0.2) is 4.98 Å². The second kappa shape index (κ2) is 5.22. The first-order chi connectivity index (χ1) is 8.47. The predicted octanol–water partition coefficient (Wildman–Crippen LogP) is 1.24. The lowest BCUT2D eigenvalue weighted by atomic mass is 10.2. The van der Waals surface area contributed by atoms with Crippen LogP contribution in [0.4, 0.5) is 0 Å². The lowest BCUT2D eigenvalue weighted by molar-refractivity contribution is -0.139. The number of hydrogen-bond donors (Lipinski definition) is 1. The van der Waals surface area contributed by atoms with Gasteiger partial charge in [0.2, 0.25) is 11.8 Å². The normalized spacial score (nSPS) is 20.9. The third-order valence-corrected chi connectivity index (χ3v) is 3.33. The van der Waals surface area contributed by atoms with E-state index in [-0.39, 0.29) is 18.4 Å². The molecule has 5 nitrogen and oxygen atoms in total. The van der Waals surface area contributed by atoms with Crippen LogP contribution in [0, 0.1) is 0 Å². The Kier molecular flexibility index (Phi) is 3.85. The van der Waals surface area contributed by atoms with Crippen LogP contribution in [-0.2, 0) is 16.1 Å². The van der Waals surface area contributed by atoms with E-state index in [1.807, 2.05) is 0 Å². The van der Waals surface area contributed by atoms with Gasteiger partial charge in [-0.2, -0.15) is 0 Å². The summed E-state index contributed by atoms with van der Waals surface area (Å²) in [5.74, 6) is -0.638. The van der Waals surface area contributed by atoms with Crippen LogP contribution in [-0.4, -0.2) is 34.3 Å². The number of halogens is 2. The van der Waals surface area contributed by atoms with Crippen molar-refractivity contribution < 1.29 is 9.59 Å². The lowest BCUT2D eigenvalue weighted by Gasteiger charge is -2.31. The Balaban J connectivity index is 2.19. The third-order valence-electron chi connectivity index (χ3n) is 2.77. The highest BCUT2D eigenvalue weighted by molar-refractivity contribution is 6.32. The van der Waals surface area contributed by atoms with Gasteiger partial charge in [-0.3, -0.25) is 19.8 Å². The maximum Gasteiger partial charge on any atom is 0.243 e. The molecule has 2 rings (SSSR count). The minimum atomic E-state index is -0.403. The Morgan fingerprint density at radius 1 is 1.44 bits per heavy atom. The minimum Gasteiger partial charge on any atom is -0.294 e. The van der Waals surface area contributed by atoms with Gasteiger partial charge in [0.25, 0.3) is 0 Å². The monoisotopic (exact) mass is 287 g/mol. The SMILES string of the molecule is CC1C(=O)NC(=O)CN1Cc1nc(Cl)ccc1Cl. The molecule has 7 heteroatoms. The molecule has 96 valence electrons. The summed E-state index contributed by atoms with van der Waals surface area (Å²) in [5.41, 5.74) is 0.554. The second-order valence-corrected chi connectivity index (χ2v) is 4.85. The van der Waals surface area contributed by atoms with Crippen molar-refractivity contribution in [3.8, 4) is 0 Å². The highest BCUT2D eigenvalue weighted by Gasteiger charge is 2.30. The van der Waals surface area contributed by atoms with E-state index in [2.05, 4.69) is 10.3 Å². The molecule has 0 spiro atoms. The molecule has 0 saturated carbocycles. The molecule has 2 amide bonds. The van der Waals surface area contributed by atoms with E-state index in [9.17, 15) is 9.59 Å². The number of nitrogens with one attached hydrogen (secondary N) is 1. The summed E-state index contributed by atoms with van der Waals surface area (Å²) in [5, 5.41) is 3.06. The summed E-state index contributed by atoms with van der Waals surface area (Å²) in [4.78, 5) is 28.6. The zero-order valence-electron chi connectivity index (χ0n) is 9.61. The molecule has 0 bridgehead atoms. The van der Waals surface area contributed by atoms with Crippen molar-refractivity contribution in [2.75, 3.05) is 6.54 Å². The molecule has 1 atom stereocenters. The summed E-state index contributed by atoms with van der Waals surface area (Å²) in [6, 6.07) is 2.83. The number of nitrogens with zero attached hydrogens (tertiary/aromatic N) is 2. The zero-order chi connectivity index (χ0) is 13.3. The van der Waals surface area contributed by atoms with E-state index < -0.39 is 6.04 Å². The van der Waals surface area contributed by atoms with Gasteiger partial charge < -0.3 is 0 Å². The first-order valence-electron chi connectivity index (χ1n) is 5.36. The number of carbonyl (C=O) groups excluding carboxylic acids is 2. The van der Waals surface area contributed by atoms with Crippen molar-refractivity contribution in [2.24, 2.45) is 0 Å². The summed E-state index contributed by atoms with van der Waals surface area (Å²) in [7, 11) is 0. The van der Waals surface area contributed by atoms with Crippen LogP contribution < -0.4 is 5.32 Å². The van der Waals surface area contributed by atoms with Crippen LogP contribution in [0.1, 0.15) is 12.6 Å². The largest absolute Gasteiger partial charge is 0.294 e. The fourth-order valence-corrected chi connectivity index (χ4v) is 2.05. The van der Waals surface area contributed by atoms with Gasteiger partial charge in [0.1, 0.15) is 5.15 Å². The van der Waals surface area contributed by atoms with Gasteiger partial charge in [0.05, 0.1) is 23.3 Å². The zero-order valence-corrected chi connectivity index (χ0v) is 11.1. The Morgan fingerprint density at radius 3 is 2.89 bits per heavy atom. The average molecular weight is 288 g/mol. The number of rotatable bonds is 2. The molecule has 18 heavy (non-hydrogen) atoms. The van der Waals surface area contributed by atoms with Crippen LogP contribution in [0.5, 0.6) is 0 Å². The number of piperazine rings is 1. The van der Waals surface area contributed by atoms with Gasteiger partial charge >= 0.3 is 0 Å². The van der Waals surface area contributed by atoms with Crippen LogP contribution in [0.3, 0.4) is 0 Å². The van der Waals surface area contributed by atoms with Gasteiger partial charge in [-0.15, -0.1) is 0 Å². The summed E-state index contributed by atoms with van der Waals surface area (Å²) in [6.07, 6.45) is 0. The Morgan fingerprint density at radius 2 is 2.17 bits per heavy atom. The van der Waals surface area contributed by atoms with E-state index >= 15 is 0 Å². The summed E-state index contributed by atoms with van der Waals surface area (Å²) < 4.78 is 0. The molecule has 1 aliphatic heterocycles. The van der Waals surface area contributed by atoms with E-state index in [0.29, 0.717) is 22.4 Å². The molecule has 0 aromatic carbocycles. The van der Waals surface area contributed by atoms with Crippen LogP contribution in [0.2, 0.25) is 10.2 Å². The number of pyridine rings is 1. The van der Waals surface area contributed by atoms with Gasteiger partial charge in [0.15, 0.2) is 0 Å². The van der Waals surface area contributed by atoms with Gasteiger partial charge in [-0.1, -0.05) is 23.2 Å². The Hall–Kier alpha value is -1.17. The average Bonchev–Trinajstić information content (AvgIpc) is 2.30. The summed E-state index contributed by atoms with van der Waals surface area (Å²) >= 11 is 11.8. The molecule has 1 saturated heterocycles. The van der Waals surface area contributed by atoms with E-state index in [0.717, 1.165) is 0 Å². The van der Waals surface area contributed by atoms with Crippen LogP contribution in [0.15, 0.2) is 12.1 Å². The maximum absolute atomic E-state index is 11.5. The van der Waals surface area contributed by atoms with Crippen molar-refractivity contribution in [1.29, 1.82) is 0 Å². The van der Waals surface area contributed by atoms with Crippen LogP contribution >= 0.6 is 23.2 Å². The highest BCUT2D eigenvalue weighted by Crippen LogP contribution is 2.20. The third kappa shape index (κ3) is 2.80. The molecule has 0 radical (unpaired) electrons. The van der Waals surface area contributed by atoms with Gasteiger partial charge in [-0.05, 0) is 19.1 Å². The molecule has 2 heterocycles. The molecular formula is C11H11Cl2N3O2. The number of carbonyl (C=O) groups is 2. The molecule has 1 unspecified atom stereocenters. The predicted molar refractivity (Wildman–Crippen MR) is 67.3 cm³/mol. The molecule has 1 aliphatic rings. The first kappa shape index (κ1) is 13.3. The van der Waals surface area contributed by atoms with Crippen molar-refractivity contribution in [2.45, 2.75) is 19.5 Å². The van der Waals surface area contributed by atoms with E-state index in [1.165, 1.54) is 0 Å². The topological polar surface area (TPSA) is 62.3 Å². The molecule has 0 aliphatic carbocycles. The fraction of sp³-hybridized carbons (Fsp3) is 0.364. The number of imide groups is 1. The molecule has 1 N–H and O–H groups in total. The van der Waals surface area contributed by atoms with Crippen molar-refractivity contribution in [3.05, 3.63) is 28.0 Å². The Bertz CT molecular complexity index is 507. The fourth-order valence-electron chi connectivity index (χ4n) is 1.72. The quantitative estimate of drug-likeness (QED) is 0.657. The number of amides is 2. The summed E-state index contributed by atoms with van der Waals surface area (Å²) in [6.45, 7) is 2.16. The molecule has 1 fully saturated rings. The first-order valence-corrected chi connectivity index (χ1v) is 6.11. The van der Waals surface area contributed by atoms with Crippen LogP contribution in [0.25, 0.3) is 0 Å². The molecule has 1 aromatic heterocycles. The highest BCUT2D eigenvalue weighted by atomic mass is 35.5. The lowest BCUT2D eigenvalue weighted by Crippen LogP contribution is -2.56. The minimum absolute atomic E-state index is 0.136. The maximum atomic E-state index is 11.5. The Labute approximate surface area is 114 Å². The van der Waals surface area contributed by atoms with E-state index in [4.69, 9.17) is 23.2 Å².